The Hall–Kier alpha value is -2.04. The predicted octanol–water partition coefficient (Wildman–Crippen LogP) is 4.85. The Balaban J connectivity index is 0.00000176. The third kappa shape index (κ3) is 6.26. The SMILES string of the molecule is CC.COC(=O)C(C)(CCCCCC1CN(C)C(=O)O1)c1cccc(C)c1. The number of esters is 1. The first-order valence-corrected chi connectivity index (χ1v) is 9.94. The van der Waals surface area contributed by atoms with Crippen molar-refractivity contribution >= 4 is 12.1 Å². The van der Waals surface area contributed by atoms with E-state index in [4.69, 9.17) is 9.47 Å². The lowest BCUT2D eigenvalue weighted by Gasteiger charge is -2.27. The molecule has 0 bridgehead atoms. The van der Waals surface area contributed by atoms with Gasteiger partial charge in [-0.2, -0.15) is 0 Å². The first-order chi connectivity index (χ1) is 12.9. The van der Waals surface area contributed by atoms with Crippen LogP contribution in [0, 0.1) is 6.92 Å². The monoisotopic (exact) mass is 377 g/mol. The maximum atomic E-state index is 12.4. The molecule has 1 aromatic rings. The highest BCUT2D eigenvalue weighted by molar-refractivity contribution is 5.82. The summed E-state index contributed by atoms with van der Waals surface area (Å²) in [6, 6.07) is 8.07. The lowest BCUT2D eigenvalue weighted by molar-refractivity contribution is -0.147. The van der Waals surface area contributed by atoms with Crippen LogP contribution in [-0.4, -0.2) is 43.8 Å². The number of hydrogen-bond donors (Lipinski definition) is 0. The molecule has 152 valence electrons. The molecule has 0 aliphatic carbocycles. The van der Waals surface area contributed by atoms with Crippen molar-refractivity contribution in [2.75, 3.05) is 20.7 Å². The quantitative estimate of drug-likeness (QED) is 0.480. The van der Waals surface area contributed by atoms with Crippen LogP contribution in [-0.2, 0) is 19.7 Å². The van der Waals surface area contributed by atoms with E-state index < -0.39 is 5.41 Å². The molecule has 1 saturated heterocycles. The van der Waals surface area contributed by atoms with Gasteiger partial charge in [0, 0.05) is 7.05 Å². The Morgan fingerprint density at radius 1 is 1.30 bits per heavy atom. The van der Waals surface area contributed by atoms with Crippen LogP contribution in [0.15, 0.2) is 24.3 Å². The number of nitrogens with zero attached hydrogens (tertiary/aromatic N) is 1. The number of amides is 1. The molecule has 1 heterocycles. The Bertz CT molecular complexity index is 616. The van der Waals surface area contributed by atoms with E-state index in [0.29, 0.717) is 6.54 Å². The fourth-order valence-corrected chi connectivity index (χ4v) is 3.41. The molecule has 0 N–H and O–H groups in total. The first kappa shape index (κ1) is 23.0. The number of ether oxygens (including phenoxy) is 2. The Kier molecular flexibility index (Phi) is 9.33. The molecule has 1 aliphatic heterocycles. The molecule has 5 nitrogen and oxygen atoms in total. The number of benzene rings is 1. The fraction of sp³-hybridized carbons (Fsp3) is 0.636. The molecule has 2 atom stereocenters. The van der Waals surface area contributed by atoms with Crippen molar-refractivity contribution in [2.24, 2.45) is 0 Å². The van der Waals surface area contributed by atoms with Gasteiger partial charge in [0.1, 0.15) is 6.10 Å². The van der Waals surface area contributed by atoms with Crippen molar-refractivity contribution in [1.29, 1.82) is 0 Å². The van der Waals surface area contributed by atoms with E-state index in [9.17, 15) is 9.59 Å². The first-order valence-electron chi connectivity index (χ1n) is 9.94. The summed E-state index contributed by atoms with van der Waals surface area (Å²) in [6.45, 7) is 8.66. The molecule has 0 saturated carbocycles. The van der Waals surface area contributed by atoms with Gasteiger partial charge in [0.2, 0.25) is 0 Å². The van der Waals surface area contributed by atoms with Gasteiger partial charge in [-0.15, -0.1) is 0 Å². The zero-order valence-electron chi connectivity index (χ0n) is 17.7. The summed E-state index contributed by atoms with van der Waals surface area (Å²) in [5.41, 5.74) is 1.52. The normalized spacial score (nSPS) is 18.2. The van der Waals surface area contributed by atoms with Gasteiger partial charge in [0.25, 0.3) is 0 Å². The minimum Gasteiger partial charge on any atom is -0.468 e. The van der Waals surface area contributed by atoms with Gasteiger partial charge in [0.15, 0.2) is 0 Å². The highest BCUT2D eigenvalue weighted by Gasteiger charge is 2.36. The summed E-state index contributed by atoms with van der Waals surface area (Å²) in [7, 11) is 3.20. The maximum Gasteiger partial charge on any atom is 0.409 e. The Morgan fingerprint density at radius 2 is 2.00 bits per heavy atom. The lowest BCUT2D eigenvalue weighted by atomic mass is 9.77. The van der Waals surface area contributed by atoms with Gasteiger partial charge in [-0.25, -0.2) is 4.79 Å². The fourth-order valence-electron chi connectivity index (χ4n) is 3.41. The summed E-state index contributed by atoms with van der Waals surface area (Å²) in [5.74, 6) is -0.190. The van der Waals surface area contributed by atoms with Crippen LogP contribution in [0.4, 0.5) is 4.79 Å². The largest absolute Gasteiger partial charge is 0.468 e. The Labute approximate surface area is 164 Å². The average Bonchev–Trinajstić information content (AvgIpc) is 2.99. The van der Waals surface area contributed by atoms with Crippen molar-refractivity contribution in [3.8, 4) is 0 Å². The molecular weight excluding hydrogens is 342 g/mol. The molecule has 0 radical (unpaired) electrons. The molecule has 5 heteroatoms. The van der Waals surface area contributed by atoms with Gasteiger partial charge in [0.05, 0.1) is 19.1 Å². The van der Waals surface area contributed by atoms with Gasteiger partial charge in [-0.3, -0.25) is 4.79 Å². The number of aryl methyl sites for hydroxylation is 1. The second kappa shape index (κ2) is 11.0. The van der Waals surface area contributed by atoms with E-state index in [1.165, 1.54) is 7.11 Å². The summed E-state index contributed by atoms with van der Waals surface area (Å²) in [4.78, 5) is 25.4. The van der Waals surface area contributed by atoms with Crippen LogP contribution < -0.4 is 0 Å². The van der Waals surface area contributed by atoms with Crippen LogP contribution >= 0.6 is 0 Å². The van der Waals surface area contributed by atoms with Gasteiger partial charge < -0.3 is 14.4 Å². The van der Waals surface area contributed by atoms with Crippen molar-refractivity contribution in [3.63, 3.8) is 0 Å². The number of likely N-dealkylation sites (N-methyl/N-ethyl adjacent to an activating group) is 1. The maximum absolute atomic E-state index is 12.4. The van der Waals surface area contributed by atoms with Crippen LogP contribution in [0.5, 0.6) is 0 Å². The topological polar surface area (TPSA) is 55.8 Å². The molecule has 1 aromatic carbocycles. The van der Waals surface area contributed by atoms with Crippen molar-refractivity contribution in [2.45, 2.75) is 71.3 Å². The van der Waals surface area contributed by atoms with Crippen LogP contribution in [0.25, 0.3) is 0 Å². The number of hydrogen-bond acceptors (Lipinski definition) is 4. The number of carbonyl (C=O) groups excluding carboxylic acids is 2. The number of cyclic esters (lactones) is 1. The molecular formula is C22H35NO4. The van der Waals surface area contributed by atoms with Crippen LogP contribution in [0.1, 0.15) is 64.0 Å². The zero-order valence-corrected chi connectivity index (χ0v) is 17.7. The van der Waals surface area contributed by atoms with Gasteiger partial charge in [-0.1, -0.05) is 56.5 Å². The number of rotatable bonds is 8. The number of unbranched alkanes of at least 4 members (excludes halogenated alkanes) is 2. The van der Waals surface area contributed by atoms with E-state index in [1.807, 2.05) is 45.9 Å². The summed E-state index contributed by atoms with van der Waals surface area (Å²) in [6.07, 6.45) is 4.29. The summed E-state index contributed by atoms with van der Waals surface area (Å²) in [5, 5.41) is 0. The minimum atomic E-state index is -0.624. The van der Waals surface area contributed by atoms with Crippen LogP contribution in [0.3, 0.4) is 0 Å². The minimum absolute atomic E-state index is 0.00117. The number of methoxy groups -OCH3 is 1. The molecule has 0 spiro atoms. The standard InChI is InChI=1S/C20H29NO4.C2H6/c1-15-9-8-10-16(13-15)20(2,18(22)24-4)12-7-5-6-11-17-14-21(3)19(23)25-17;1-2/h8-10,13,17H,5-7,11-12,14H2,1-4H3;1-2H3. The highest BCUT2D eigenvalue weighted by Crippen LogP contribution is 2.32. The predicted molar refractivity (Wildman–Crippen MR) is 108 cm³/mol. The van der Waals surface area contributed by atoms with E-state index >= 15 is 0 Å². The molecule has 1 aliphatic rings. The third-order valence-corrected chi connectivity index (χ3v) is 5.05. The lowest BCUT2D eigenvalue weighted by Crippen LogP contribution is -2.33. The highest BCUT2D eigenvalue weighted by atomic mass is 16.6. The van der Waals surface area contributed by atoms with Crippen molar-refractivity contribution in [1.82, 2.24) is 4.90 Å². The van der Waals surface area contributed by atoms with E-state index in [0.717, 1.165) is 43.2 Å². The molecule has 2 unspecified atom stereocenters. The third-order valence-electron chi connectivity index (χ3n) is 5.05. The average molecular weight is 378 g/mol. The molecule has 27 heavy (non-hydrogen) atoms. The van der Waals surface area contributed by atoms with Gasteiger partial charge in [-0.05, 0) is 38.7 Å². The second-order valence-corrected chi connectivity index (χ2v) is 7.18. The summed E-state index contributed by atoms with van der Waals surface area (Å²) >= 11 is 0. The Morgan fingerprint density at radius 3 is 2.56 bits per heavy atom. The van der Waals surface area contributed by atoms with E-state index in [-0.39, 0.29) is 18.2 Å². The van der Waals surface area contributed by atoms with Crippen LogP contribution in [0.2, 0.25) is 0 Å². The molecule has 0 aromatic heterocycles. The van der Waals surface area contributed by atoms with E-state index in [1.54, 1.807) is 11.9 Å². The smallest absolute Gasteiger partial charge is 0.409 e. The summed E-state index contributed by atoms with van der Waals surface area (Å²) < 4.78 is 10.3. The second-order valence-electron chi connectivity index (χ2n) is 7.18. The van der Waals surface area contributed by atoms with Crippen molar-refractivity contribution in [3.05, 3.63) is 35.4 Å². The zero-order chi connectivity index (χ0) is 20.4. The van der Waals surface area contributed by atoms with Crippen molar-refractivity contribution < 1.29 is 19.1 Å². The molecule has 2 rings (SSSR count). The van der Waals surface area contributed by atoms with E-state index in [2.05, 4.69) is 6.07 Å². The molecule has 1 amide bonds. The number of carbonyl (C=O) groups is 2. The van der Waals surface area contributed by atoms with Gasteiger partial charge >= 0.3 is 12.1 Å². The molecule has 1 fully saturated rings.